The maximum atomic E-state index is 12.4. The van der Waals surface area contributed by atoms with Crippen molar-refractivity contribution in [2.75, 3.05) is 26.2 Å². The zero-order valence-electron chi connectivity index (χ0n) is 13.3. The second-order valence-electron chi connectivity index (χ2n) is 5.60. The molecule has 1 saturated heterocycles. The van der Waals surface area contributed by atoms with Crippen LogP contribution >= 0.6 is 0 Å². The third-order valence-corrected chi connectivity index (χ3v) is 4.00. The van der Waals surface area contributed by atoms with Crippen LogP contribution < -0.4 is 0 Å². The van der Waals surface area contributed by atoms with E-state index in [4.69, 9.17) is 0 Å². The first kappa shape index (κ1) is 15.9. The van der Waals surface area contributed by atoms with Gasteiger partial charge in [-0.3, -0.25) is 14.6 Å². The minimum atomic E-state index is -0.0324. The summed E-state index contributed by atoms with van der Waals surface area (Å²) < 4.78 is 0. The molecule has 1 aromatic heterocycles. The number of nitrogens with zero attached hydrogens (tertiary/aromatic N) is 3. The van der Waals surface area contributed by atoms with Gasteiger partial charge in [-0.2, -0.15) is 0 Å². The molecule has 122 valence electrons. The Morgan fingerprint density at radius 3 is 2.29 bits per heavy atom. The predicted molar refractivity (Wildman–Crippen MR) is 92.2 cm³/mol. The number of benzene rings is 1. The lowest BCUT2D eigenvalue weighted by Crippen LogP contribution is -2.50. The Hall–Kier alpha value is -2.95. The minimum absolute atomic E-state index is 0.0210. The summed E-state index contributed by atoms with van der Waals surface area (Å²) in [6.07, 6.45) is 6.62. The Balaban J connectivity index is 1.54. The van der Waals surface area contributed by atoms with Crippen molar-refractivity contribution in [1.82, 2.24) is 14.8 Å². The number of piperazine rings is 1. The number of aromatic nitrogens is 1. The molecule has 0 N–H and O–H groups in total. The molecule has 2 amide bonds. The molecule has 1 aliphatic rings. The van der Waals surface area contributed by atoms with Gasteiger partial charge in [-0.1, -0.05) is 30.3 Å². The van der Waals surface area contributed by atoms with Crippen molar-refractivity contribution in [3.8, 4) is 0 Å². The summed E-state index contributed by atoms with van der Waals surface area (Å²) >= 11 is 0. The minimum Gasteiger partial charge on any atom is -0.336 e. The van der Waals surface area contributed by atoms with Crippen LogP contribution in [-0.4, -0.2) is 52.8 Å². The van der Waals surface area contributed by atoms with E-state index in [0.29, 0.717) is 31.7 Å². The van der Waals surface area contributed by atoms with Crippen molar-refractivity contribution in [3.63, 3.8) is 0 Å². The zero-order valence-corrected chi connectivity index (χ0v) is 13.3. The Bertz CT molecular complexity index is 721. The first-order chi connectivity index (χ1) is 11.7. The normalized spacial score (nSPS) is 14.8. The molecular weight excluding hydrogens is 302 g/mol. The second-order valence-corrected chi connectivity index (χ2v) is 5.60. The van der Waals surface area contributed by atoms with Gasteiger partial charge in [0, 0.05) is 44.6 Å². The molecule has 0 radical (unpaired) electrons. The Kier molecular flexibility index (Phi) is 5.01. The summed E-state index contributed by atoms with van der Waals surface area (Å²) in [5, 5.41) is 0. The van der Waals surface area contributed by atoms with Gasteiger partial charge >= 0.3 is 0 Å². The molecule has 0 aliphatic carbocycles. The molecule has 0 saturated carbocycles. The summed E-state index contributed by atoms with van der Waals surface area (Å²) in [6.45, 7) is 2.17. The highest BCUT2D eigenvalue weighted by Crippen LogP contribution is 2.09. The molecule has 5 heteroatoms. The molecule has 3 rings (SSSR count). The average Bonchev–Trinajstić information content (AvgIpc) is 2.67. The SMILES string of the molecule is O=C(/C=C/c1ccccc1)N1CCN(C(=O)c2cccnc2)CC1. The van der Waals surface area contributed by atoms with Crippen molar-refractivity contribution in [3.05, 3.63) is 72.1 Å². The van der Waals surface area contributed by atoms with Crippen LogP contribution in [0.15, 0.2) is 60.9 Å². The van der Waals surface area contributed by atoms with Crippen LogP contribution in [-0.2, 0) is 4.79 Å². The van der Waals surface area contributed by atoms with E-state index in [1.54, 1.807) is 40.4 Å². The van der Waals surface area contributed by atoms with Gasteiger partial charge in [-0.15, -0.1) is 0 Å². The number of pyridine rings is 1. The second kappa shape index (κ2) is 7.55. The monoisotopic (exact) mass is 321 g/mol. The summed E-state index contributed by atoms with van der Waals surface area (Å²) in [7, 11) is 0. The van der Waals surface area contributed by atoms with E-state index in [2.05, 4.69) is 4.98 Å². The number of carbonyl (C=O) groups excluding carboxylic acids is 2. The van der Waals surface area contributed by atoms with Gasteiger partial charge in [0.25, 0.3) is 5.91 Å². The highest BCUT2D eigenvalue weighted by Gasteiger charge is 2.23. The number of hydrogen-bond donors (Lipinski definition) is 0. The fraction of sp³-hybridized carbons (Fsp3) is 0.211. The molecular formula is C19H19N3O2. The smallest absolute Gasteiger partial charge is 0.255 e. The molecule has 5 nitrogen and oxygen atoms in total. The lowest BCUT2D eigenvalue weighted by molar-refractivity contribution is -0.127. The van der Waals surface area contributed by atoms with Crippen LogP contribution in [0.25, 0.3) is 6.08 Å². The van der Waals surface area contributed by atoms with E-state index in [1.807, 2.05) is 36.4 Å². The lowest BCUT2D eigenvalue weighted by atomic mass is 10.2. The third-order valence-electron chi connectivity index (χ3n) is 4.00. The molecule has 1 aliphatic heterocycles. The van der Waals surface area contributed by atoms with Crippen LogP contribution in [0.4, 0.5) is 0 Å². The fourth-order valence-corrected chi connectivity index (χ4v) is 2.64. The molecule has 1 aromatic carbocycles. The molecule has 0 unspecified atom stereocenters. The third kappa shape index (κ3) is 3.87. The zero-order chi connectivity index (χ0) is 16.8. The Morgan fingerprint density at radius 1 is 0.917 bits per heavy atom. The van der Waals surface area contributed by atoms with Crippen molar-refractivity contribution in [1.29, 1.82) is 0 Å². The molecule has 1 fully saturated rings. The van der Waals surface area contributed by atoms with Gasteiger partial charge in [-0.05, 0) is 23.8 Å². The molecule has 2 aromatic rings. The van der Waals surface area contributed by atoms with Gasteiger partial charge in [-0.25, -0.2) is 0 Å². The molecule has 0 atom stereocenters. The van der Waals surface area contributed by atoms with Crippen LogP contribution in [0.2, 0.25) is 0 Å². The van der Waals surface area contributed by atoms with Gasteiger partial charge in [0.1, 0.15) is 0 Å². The summed E-state index contributed by atoms with van der Waals surface area (Å²) in [6, 6.07) is 13.2. The summed E-state index contributed by atoms with van der Waals surface area (Å²) in [4.78, 5) is 32.1. The maximum absolute atomic E-state index is 12.4. The summed E-state index contributed by atoms with van der Waals surface area (Å²) in [5.74, 6) is -0.0534. The van der Waals surface area contributed by atoms with Crippen molar-refractivity contribution in [2.45, 2.75) is 0 Å². The highest BCUT2D eigenvalue weighted by molar-refractivity contribution is 5.94. The number of amides is 2. The quantitative estimate of drug-likeness (QED) is 0.813. The predicted octanol–water partition coefficient (Wildman–Crippen LogP) is 2.08. The Labute approximate surface area is 141 Å². The van der Waals surface area contributed by atoms with Crippen LogP contribution in [0, 0.1) is 0 Å². The first-order valence-corrected chi connectivity index (χ1v) is 7.95. The number of carbonyl (C=O) groups is 2. The van der Waals surface area contributed by atoms with E-state index in [-0.39, 0.29) is 11.8 Å². The molecule has 24 heavy (non-hydrogen) atoms. The topological polar surface area (TPSA) is 53.5 Å². The summed E-state index contributed by atoms with van der Waals surface area (Å²) in [5.41, 5.74) is 1.58. The number of hydrogen-bond acceptors (Lipinski definition) is 3. The van der Waals surface area contributed by atoms with Crippen molar-refractivity contribution in [2.24, 2.45) is 0 Å². The standard InChI is InChI=1S/C19H19N3O2/c23-18(9-8-16-5-2-1-3-6-16)21-11-13-22(14-12-21)19(24)17-7-4-10-20-15-17/h1-10,15H,11-14H2/b9-8+. The number of rotatable bonds is 3. The largest absolute Gasteiger partial charge is 0.336 e. The molecule has 2 heterocycles. The van der Waals surface area contributed by atoms with Crippen molar-refractivity contribution < 1.29 is 9.59 Å². The lowest BCUT2D eigenvalue weighted by Gasteiger charge is -2.34. The first-order valence-electron chi connectivity index (χ1n) is 7.95. The highest BCUT2D eigenvalue weighted by atomic mass is 16.2. The molecule has 0 bridgehead atoms. The Morgan fingerprint density at radius 2 is 1.62 bits per heavy atom. The van der Waals surface area contributed by atoms with E-state index in [0.717, 1.165) is 5.56 Å². The van der Waals surface area contributed by atoms with E-state index in [9.17, 15) is 9.59 Å². The van der Waals surface area contributed by atoms with Crippen molar-refractivity contribution >= 4 is 17.9 Å². The van der Waals surface area contributed by atoms with E-state index >= 15 is 0 Å². The molecule has 0 spiro atoms. The van der Waals surface area contributed by atoms with Crippen LogP contribution in [0.1, 0.15) is 15.9 Å². The van der Waals surface area contributed by atoms with Crippen LogP contribution in [0.5, 0.6) is 0 Å². The maximum Gasteiger partial charge on any atom is 0.255 e. The van der Waals surface area contributed by atoms with E-state index in [1.165, 1.54) is 0 Å². The van der Waals surface area contributed by atoms with Gasteiger partial charge < -0.3 is 9.80 Å². The van der Waals surface area contributed by atoms with Gasteiger partial charge in [0.05, 0.1) is 5.56 Å². The van der Waals surface area contributed by atoms with E-state index < -0.39 is 0 Å². The average molecular weight is 321 g/mol. The van der Waals surface area contributed by atoms with Crippen LogP contribution in [0.3, 0.4) is 0 Å². The fourth-order valence-electron chi connectivity index (χ4n) is 2.64. The van der Waals surface area contributed by atoms with Gasteiger partial charge in [0.15, 0.2) is 0 Å². The van der Waals surface area contributed by atoms with Gasteiger partial charge in [0.2, 0.25) is 5.91 Å².